The zero-order chi connectivity index (χ0) is 27.1. The zero-order valence-electron chi connectivity index (χ0n) is 22.9. The quantitative estimate of drug-likeness (QED) is 0.235. The number of nitrogens with zero attached hydrogens (tertiary/aromatic N) is 4. The third kappa shape index (κ3) is 5.76. The van der Waals surface area contributed by atoms with Gasteiger partial charge in [0.05, 0.1) is 23.0 Å². The lowest BCUT2D eigenvalue weighted by molar-refractivity contribution is 0.108. The maximum absolute atomic E-state index is 9.79. The predicted molar refractivity (Wildman–Crippen MR) is 160 cm³/mol. The molecule has 8 heteroatoms. The van der Waals surface area contributed by atoms with Crippen molar-refractivity contribution in [1.29, 1.82) is 0 Å². The largest absolute Gasteiger partial charge is 0.392 e. The SMILES string of the molecule is Cc1ccc2c(-c3nc(Nc4cc(C5CC5)cc(N5CCC(N(C)C[C@H](C)O)CC5)c4)ncc3Cl)c[nH]c2c1. The molecular formula is C31H37ClN6O. The third-order valence-electron chi connectivity index (χ3n) is 8.09. The van der Waals surface area contributed by atoms with Gasteiger partial charge in [0.15, 0.2) is 0 Å². The number of rotatable bonds is 8. The molecular weight excluding hydrogens is 508 g/mol. The monoisotopic (exact) mass is 544 g/mol. The zero-order valence-corrected chi connectivity index (χ0v) is 23.7. The van der Waals surface area contributed by atoms with E-state index in [0.717, 1.165) is 54.6 Å². The van der Waals surface area contributed by atoms with Crippen LogP contribution in [-0.4, -0.2) is 63.8 Å². The lowest BCUT2D eigenvalue weighted by Crippen LogP contribution is -2.45. The van der Waals surface area contributed by atoms with Crippen molar-refractivity contribution in [2.75, 3.05) is 36.9 Å². The molecule has 1 aliphatic carbocycles. The molecule has 4 aromatic rings. The van der Waals surface area contributed by atoms with E-state index in [1.807, 2.05) is 13.1 Å². The summed E-state index contributed by atoms with van der Waals surface area (Å²) in [5, 5.41) is 14.9. The van der Waals surface area contributed by atoms with Crippen LogP contribution < -0.4 is 10.2 Å². The number of hydrogen-bond acceptors (Lipinski definition) is 6. The first-order chi connectivity index (χ1) is 18.8. The van der Waals surface area contributed by atoms with Crippen LogP contribution in [0.5, 0.6) is 0 Å². The molecule has 2 fully saturated rings. The van der Waals surface area contributed by atoms with E-state index in [1.54, 1.807) is 6.20 Å². The number of aliphatic hydroxyl groups excluding tert-OH is 1. The number of aromatic nitrogens is 3. The fourth-order valence-corrected chi connectivity index (χ4v) is 6.05. The van der Waals surface area contributed by atoms with Gasteiger partial charge in [-0.15, -0.1) is 0 Å². The number of aromatic amines is 1. The van der Waals surface area contributed by atoms with Gasteiger partial charge in [0, 0.05) is 59.7 Å². The molecule has 1 saturated carbocycles. The van der Waals surface area contributed by atoms with Crippen molar-refractivity contribution >= 4 is 39.8 Å². The van der Waals surface area contributed by atoms with Crippen LogP contribution >= 0.6 is 11.6 Å². The number of hydrogen-bond donors (Lipinski definition) is 3. The van der Waals surface area contributed by atoms with Crippen LogP contribution in [0.4, 0.5) is 17.3 Å². The smallest absolute Gasteiger partial charge is 0.227 e. The third-order valence-corrected chi connectivity index (χ3v) is 8.36. The van der Waals surface area contributed by atoms with Gasteiger partial charge in [-0.2, -0.15) is 0 Å². The molecule has 39 heavy (non-hydrogen) atoms. The van der Waals surface area contributed by atoms with Gasteiger partial charge in [-0.1, -0.05) is 23.7 Å². The highest BCUT2D eigenvalue weighted by Gasteiger charge is 2.27. The van der Waals surface area contributed by atoms with E-state index >= 15 is 0 Å². The van der Waals surface area contributed by atoms with E-state index < -0.39 is 0 Å². The summed E-state index contributed by atoms with van der Waals surface area (Å²) in [6.45, 7) is 6.67. The minimum Gasteiger partial charge on any atom is -0.392 e. The summed E-state index contributed by atoms with van der Waals surface area (Å²) in [5.74, 6) is 1.17. The maximum atomic E-state index is 9.79. The van der Waals surface area contributed by atoms with E-state index in [2.05, 4.69) is 75.5 Å². The lowest BCUT2D eigenvalue weighted by Gasteiger charge is -2.38. The summed E-state index contributed by atoms with van der Waals surface area (Å²) in [7, 11) is 2.13. The highest BCUT2D eigenvalue weighted by molar-refractivity contribution is 6.33. The van der Waals surface area contributed by atoms with Crippen molar-refractivity contribution in [1.82, 2.24) is 19.9 Å². The number of aliphatic hydroxyl groups is 1. The van der Waals surface area contributed by atoms with E-state index in [-0.39, 0.29) is 6.10 Å². The van der Waals surface area contributed by atoms with Gasteiger partial charge in [0.1, 0.15) is 0 Å². The van der Waals surface area contributed by atoms with Gasteiger partial charge >= 0.3 is 0 Å². The lowest BCUT2D eigenvalue weighted by atomic mass is 10.0. The molecule has 6 rings (SSSR count). The van der Waals surface area contributed by atoms with Crippen LogP contribution in [0.1, 0.15) is 49.7 Å². The second-order valence-corrected chi connectivity index (χ2v) is 11.8. The van der Waals surface area contributed by atoms with Crippen molar-refractivity contribution in [3.05, 3.63) is 64.9 Å². The molecule has 0 spiro atoms. The van der Waals surface area contributed by atoms with Crippen molar-refractivity contribution in [3.8, 4) is 11.3 Å². The van der Waals surface area contributed by atoms with Crippen molar-refractivity contribution in [2.45, 2.75) is 57.6 Å². The average molecular weight is 545 g/mol. The Kier molecular flexibility index (Phi) is 7.23. The highest BCUT2D eigenvalue weighted by Crippen LogP contribution is 2.43. The Balaban J connectivity index is 1.24. The number of likely N-dealkylation sites (N-methyl/N-ethyl adjacent to an activating group) is 1. The molecule has 1 atom stereocenters. The van der Waals surface area contributed by atoms with E-state index in [0.29, 0.717) is 28.6 Å². The molecule has 3 N–H and O–H groups in total. The summed E-state index contributed by atoms with van der Waals surface area (Å²) in [4.78, 5) is 17.5. The number of nitrogens with one attached hydrogen (secondary N) is 2. The Morgan fingerprint density at radius 1 is 1.15 bits per heavy atom. The van der Waals surface area contributed by atoms with Crippen LogP contribution in [0.2, 0.25) is 5.02 Å². The van der Waals surface area contributed by atoms with Gasteiger partial charge in [0.25, 0.3) is 0 Å². The van der Waals surface area contributed by atoms with Crippen LogP contribution in [0.15, 0.2) is 48.8 Å². The topological polar surface area (TPSA) is 80.3 Å². The molecule has 0 bridgehead atoms. The van der Waals surface area contributed by atoms with E-state index in [1.165, 1.54) is 29.7 Å². The Morgan fingerprint density at radius 2 is 1.95 bits per heavy atom. The van der Waals surface area contributed by atoms with Crippen LogP contribution in [0.25, 0.3) is 22.2 Å². The summed E-state index contributed by atoms with van der Waals surface area (Å²) < 4.78 is 0. The number of benzene rings is 2. The Hall–Kier alpha value is -3.13. The predicted octanol–water partition coefficient (Wildman–Crippen LogP) is 6.49. The fourth-order valence-electron chi connectivity index (χ4n) is 5.85. The first-order valence-corrected chi connectivity index (χ1v) is 14.4. The number of aryl methyl sites for hydroxylation is 1. The molecule has 2 aromatic carbocycles. The molecule has 0 unspecified atom stereocenters. The van der Waals surface area contributed by atoms with Crippen molar-refractivity contribution in [2.24, 2.45) is 0 Å². The number of anilines is 3. The number of piperidine rings is 1. The minimum atomic E-state index is -0.298. The molecule has 204 valence electrons. The first-order valence-electron chi connectivity index (χ1n) is 14.0. The van der Waals surface area contributed by atoms with Gasteiger partial charge in [-0.05, 0) is 87.9 Å². The van der Waals surface area contributed by atoms with E-state index in [9.17, 15) is 5.11 Å². The van der Waals surface area contributed by atoms with Crippen LogP contribution in [-0.2, 0) is 0 Å². The maximum Gasteiger partial charge on any atom is 0.227 e. The van der Waals surface area contributed by atoms with Gasteiger partial charge in [0.2, 0.25) is 5.95 Å². The molecule has 1 aliphatic heterocycles. The number of fused-ring (bicyclic) bond motifs is 1. The molecule has 0 radical (unpaired) electrons. The number of H-pyrrole nitrogens is 1. The van der Waals surface area contributed by atoms with Crippen molar-refractivity contribution in [3.63, 3.8) is 0 Å². The number of halogens is 1. The second kappa shape index (κ2) is 10.8. The molecule has 7 nitrogen and oxygen atoms in total. The molecule has 2 aliphatic rings. The standard InChI is InChI=1S/C31H37ClN6O/c1-19-4-7-26-27(16-33-29(26)12-19)30-28(32)17-34-31(36-30)35-23-13-22(21-5-6-21)14-25(15-23)38-10-8-24(9-11-38)37(3)18-20(2)39/h4,7,12-17,20-21,24,33,39H,5-6,8-11,18H2,1-3H3,(H,34,35,36)/t20-/m0/s1. The summed E-state index contributed by atoms with van der Waals surface area (Å²) in [5.41, 5.74) is 7.59. The average Bonchev–Trinajstić information content (AvgIpc) is 3.69. The molecule has 2 aromatic heterocycles. The minimum absolute atomic E-state index is 0.298. The molecule has 3 heterocycles. The van der Waals surface area contributed by atoms with Crippen LogP contribution in [0, 0.1) is 6.92 Å². The Labute approximate surface area is 235 Å². The van der Waals surface area contributed by atoms with Crippen LogP contribution in [0.3, 0.4) is 0 Å². The van der Waals surface area contributed by atoms with Gasteiger partial charge in [-0.25, -0.2) is 9.97 Å². The Morgan fingerprint density at radius 3 is 2.69 bits per heavy atom. The second-order valence-electron chi connectivity index (χ2n) is 11.4. The summed E-state index contributed by atoms with van der Waals surface area (Å²) in [6.07, 6.45) is 8.02. The van der Waals surface area contributed by atoms with Gasteiger partial charge < -0.3 is 25.2 Å². The van der Waals surface area contributed by atoms with Crippen molar-refractivity contribution < 1.29 is 5.11 Å². The fraction of sp³-hybridized carbons (Fsp3) is 0.419. The first kappa shape index (κ1) is 26.1. The molecule has 0 amide bonds. The summed E-state index contributed by atoms with van der Waals surface area (Å²) >= 11 is 6.60. The normalized spacial score (nSPS) is 17.2. The Bertz CT molecular complexity index is 1470. The van der Waals surface area contributed by atoms with Gasteiger partial charge in [-0.3, -0.25) is 0 Å². The highest BCUT2D eigenvalue weighted by atomic mass is 35.5. The van der Waals surface area contributed by atoms with E-state index in [4.69, 9.17) is 16.6 Å². The summed E-state index contributed by atoms with van der Waals surface area (Å²) in [6, 6.07) is 13.7. The molecule has 1 saturated heterocycles.